The summed E-state index contributed by atoms with van der Waals surface area (Å²) in [4.78, 5) is 12.2. The van der Waals surface area contributed by atoms with Crippen molar-refractivity contribution in [2.75, 3.05) is 0 Å². The lowest BCUT2D eigenvalue weighted by atomic mass is 9.96. The van der Waals surface area contributed by atoms with Gasteiger partial charge in [0.2, 0.25) is 0 Å². The predicted molar refractivity (Wildman–Crippen MR) is 71.7 cm³/mol. The highest BCUT2D eigenvalue weighted by Gasteiger charge is 2.30. The summed E-state index contributed by atoms with van der Waals surface area (Å²) in [7, 11) is 2.07. The maximum absolute atomic E-state index is 12.0. The normalized spacial score (nSPS) is 17.8. The summed E-state index contributed by atoms with van der Waals surface area (Å²) >= 11 is 1.37. The zero-order valence-electron chi connectivity index (χ0n) is 9.56. The minimum absolute atomic E-state index is 0.194. The Labute approximate surface area is 99.3 Å². The summed E-state index contributed by atoms with van der Waals surface area (Å²) < 4.78 is 3.11. The molecule has 16 heavy (non-hydrogen) atoms. The average molecular weight is 231 g/mol. The Morgan fingerprint density at radius 1 is 1.50 bits per heavy atom. The molecular weight excluding hydrogens is 217 g/mol. The lowest BCUT2D eigenvalue weighted by molar-refractivity contribution is 0.493. The van der Waals surface area contributed by atoms with Crippen LogP contribution in [0.4, 0.5) is 0 Å². The molecule has 0 spiro atoms. The van der Waals surface area contributed by atoms with Crippen molar-refractivity contribution in [1.29, 1.82) is 0 Å². The SMILES string of the molecule is Bc1ccc2c(c1)sc(=O)n2C(C)C1CC1. The molecule has 4 heteroatoms. The maximum atomic E-state index is 12.0. The number of aromatic nitrogens is 1. The Hall–Kier alpha value is -1.03. The van der Waals surface area contributed by atoms with E-state index in [1.165, 1.54) is 29.6 Å². The quantitative estimate of drug-likeness (QED) is 0.714. The van der Waals surface area contributed by atoms with Crippen LogP contribution in [0.1, 0.15) is 25.8 Å². The van der Waals surface area contributed by atoms with Crippen LogP contribution < -0.4 is 10.3 Å². The van der Waals surface area contributed by atoms with Gasteiger partial charge in [-0.1, -0.05) is 22.9 Å². The van der Waals surface area contributed by atoms with Crippen LogP contribution in [0.5, 0.6) is 0 Å². The molecule has 1 saturated carbocycles. The van der Waals surface area contributed by atoms with E-state index in [-0.39, 0.29) is 4.87 Å². The van der Waals surface area contributed by atoms with Crippen LogP contribution in [0.25, 0.3) is 10.2 Å². The standard InChI is InChI=1S/C12H14BNOS/c1-7(8-2-3-8)14-10-5-4-9(13)6-11(10)16-12(14)15/h4-8H,2-3,13H2,1H3. The van der Waals surface area contributed by atoms with Crippen molar-refractivity contribution < 1.29 is 0 Å². The van der Waals surface area contributed by atoms with E-state index >= 15 is 0 Å². The van der Waals surface area contributed by atoms with E-state index in [0.717, 1.165) is 16.1 Å². The van der Waals surface area contributed by atoms with Gasteiger partial charge in [0, 0.05) is 6.04 Å². The van der Waals surface area contributed by atoms with Crippen LogP contribution in [0.3, 0.4) is 0 Å². The van der Waals surface area contributed by atoms with Gasteiger partial charge in [0.05, 0.1) is 10.2 Å². The Bertz CT molecular complexity index is 597. The Morgan fingerprint density at radius 3 is 2.94 bits per heavy atom. The highest BCUT2D eigenvalue weighted by atomic mass is 32.1. The predicted octanol–water partition coefficient (Wildman–Crippen LogP) is 1.29. The summed E-state index contributed by atoms with van der Waals surface area (Å²) in [6.07, 6.45) is 2.55. The molecule has 0 amide bonds. The minimum atomic E-state index is 0.194. The van der Waals surface area contributed by atoms with Gasteiger partial charge in [-0.2, -0.15) is 0 Å². The molecule has 1 aliphatic carbocycles. The molecule has 0 aliphatic heterocycles. The van der Waals surface area contributed by atoms with E-state index in [0.29, 0.717) is 6.04 Å². The van der Waals surface area contributed by atoms with E-state index in [1.54, 1.807) is 0 Å². The van der Waals surface area contributed by atoms with Gasteiger partial charge in [-0.05, 0) is 37.8 Å². The van der Waals surface area contributed by atoms with Crippen molar-refractivity contribution in [3.63, 3.8) is 0 Å². The van der Waals surface area contributed by atoms with Crippen molar-refractivity contribution in [1.82, 2.24) is 4.57 Å². The van der Waals surface area contributed by atoms with E-state index < -0.39 is 0 Å². The highest BCUT2D eigenvalue weighted by molar-refractivity contribution is 7.16. The summed E-state index contributed by atoms with van der Waals surface area (Å²) in [5.41, 5.74) is 2.33. The molecule has 2 nitrogen and oxygen atoms in total. The average Bonchev–Trinajstić information content (AvgIpc) is 3.01. The van der Waals surface area contributed by atoms with Gasteiger partial charge in [0.15, 0.2) is 0 Å². The number of hydrogen-bond donors (Lipinski definition) is 0. The van der Waals surface area contributed by atoms with Gasteiger partial charge in [0.1, 0.15) is 7.85 Å². The van der Waals surface area contributed by atoms with Crippen molar-refractivity contribution in [2.45, 2.75) is 25.8 Å². The molecule has 1 fully saturated rings. The molecule has 0 radical (unpaired) electrons. The fourth-order valence-electron chi connectivity index (χ4n) is 2.32. The molecule has 1 heterocycles. The van der Waals surface area contributed by atoms with Crippen LogP contribution in [0.2, 0.25) is 0 Å². The van der Waals surface area contributed by atoms with Crippen LogP contribution in [0.15, 0.2) is 23.0 Å². The van der Waals surface area contributed by atoms with E-state index in [1.807, 2.05) is 4.57 Å². The minimum Gasteiger partial charge on any atom is -0.296 e. The molecule has 0 saturated heterocycles. The number of rotatable bonds is 2. The molecule has 0 bridgehead atoms. The van der Waals surface area contributed by atoms with E-state index in [4.69, 9.17) is 0 Å². The zero-order valence-corrected chi connectivity index (χ0v) is 10.4. The van der Waals surface area contributed by atoms with Crippen molar-refractivity contribution >= 4 is 34.9 Å². The molecule has 1 unspecified atom stereocenters. The number of thiazole rings is 1. The fourth-order valence-corrected chi connectivity index (χ4v) is 3.39. The van der Waals surface area contributed by atoms with Gasteiger partial charge < -0.3 is 0 Å². The molecular formula is C12H14BNOS. The molecule has 82 valence electrons. The summed E-state index contributed by atoms with van der Waals surface area (Å²) in [6, 6.07) is 6.65. The van der Waals surface area contributed by atoms with Gasteiger partial charge in [-0.15, -0.1) is 0 Å². The lowest BCUT2D eigenvalue weighted by Crippen LogP contribution is -2.18. The fraction of sp³-hybridized carbons (Fsp3) is 0.417. The van der Waals surface area contributed by atoms with Gasteiger partial charge in [0.25, 0.3) is 0 Å². The summed E-state index contributed by atoms with van der Waals surface area (Å²) in [6.45, 7) is 2.17. The molecule has 1 atom stereocenters. The number of hydrogen-bond acceptors (Lipinski definition) is 2. The van der Waals surface area contributed by atoms with Crippen LogP contribution >= 0.6 is 11.3 Å². The van der Waals surface area contributed by atoms with Gasteiger partial charge in [-0.3, -0.25) is 9.36 Å². The monoisotopic (exact) mass is 231 g/mol. The smallest absolute Gasteiger partial charge is 0.296 e. The van der Waals surface area contributed by atoms with Gasteiger partial charge in [-0.25, -0.2) is 0 Å². The molecule has 1 aromatic carbocycles. The molecule has 1 aliphatic rings. The van der Waals surface area contributed by atoms with E-state index in [9.17, 15) is 4.79 Å². The summed E-state index contributed by atoms with van der Waals surface area (Å²) in [5, 5.41) is 0. The Balaban J connectivity index is 2.22. The molecule has 2 aromatic rings. The van der Waals surface area contributed by atoms with Crippen LogP contribution in [0, 0.1) is 5.92 Å². The molecule has 0 N–H and O–H groups in total. The zero-order chi connectivity index (χ0) is 11.3. The van der Waals surface area contributed by atoms with Gasteiger partial charge >= 0.3 is 4.87 Å². The third kappa shape index (κ3) is 1.52. The van der Waals surface area contributed by atoms with Crippen LogP contribution in [-0.2, 0) is 0 Å². The van der Waals surface area contributed by atoms with Crippen LogP contribution in [-0.4, -0.2) is 12.4 Å². The second-order valence-corrected chi connectivity index (χ2v) is 5.78. The third-order valence-corrected chi connectivity index (χ3v) is 4.40. The lowest BCUT2D eigenvalue weighted by Gasteiger charge is -2.12. The second kappa shape index (κ2) is 3.49. The second-order valence-electron chi connectivity index (χ2n) is 4.79. The maximum Gasteiger partial charge on any atom is 0.308 e. The molecule has 1 aromatic heterocycles. The number of fused-ring (bicyclic) bond motifs is 1. The first-order chi connectivity index (χ1) is 7.66. The summed E-state index contributed by atoms with van der Waals surface area (Å²) in [5.74, 6) is 0.719. The topological polar surface area (TPSA) is 22.0 Å². The van der Waals surface area contributed by atoms with Crippen molar-refractivity contribution in [2.24, 2.45) is 5.92 Å². The third-order valence-electron chi connectivity index (χ3n) is 3.48. The highest BCUT2D eigenvalue weighted by Crippen LogP contribution is 2.40. The first-order valence-electron chi connectivity index (χ1n) is 5.78. The number of nitrogens with zero attached hydrogens (tertiary/aromatic N) is 1. The van der Waals surface area contributed by atoms with Crippen molar-refractivity contribution in [3.8, 4) is 0 Å². The molecule has 3 rings (SSSR count). The Kier molecular flexibility index (Phi) is 2.21. The first-order valence-corrected chi connectivity index (χ1v) is 6.60. The largest absolute Gasteiger partial charge is 0.308 e. The van der Waals surface area contributed by atoms with E-state index in [2.05, 4.69) is 33.0 Å². The van der Waals surface area contributed by atoms with Crippen molar-refractivity contribution in [3.05, 3.63) is 27.9 Å². The number of benzene rings is 1. The first kappa shape index (κ1) is 10.1. The Morgan fingerprint density at radius 2 is 2.25 bits per heavy atom.